The Hall–Kier alpha value is 0.310. The SMILES string of the molecule is CCNC(C1CCCCC1)C1CCCCS1. The molecule has 1 N–H and O–H groups in total. The summed E-state index contributed by atoms with van der Waals surface area (Å²) in [7, 11) is 0. The molecule has 0 bridgehead atoms. The minimum absolute atomic E-state index is 0.815. The molecule has 2 fully saturated rings. The number of rotatable bonds is 4. The summed E-state index contributed by atoms with van der Waals surface area (Å²) in [4.78, 5) is 0. The summed E-state index contributed by atoms with van der Waals surface area (Å²) < 4.78 is 0. The number of hydrogen-bond donors (Lipinski definition) is 1. The molecule has 1 saturated heterocycles. The fraction of sp³-hybridized carbons (Fsp3) is 1.00. The highest BCUT2D eigenvalue weighted by atomic mass is 32.2. The fourth-order valence-electron chi connectivity index (χ4n) is 3.38. The molecule has 2 rings (SSSR count). The number of hydrogen-bond acceptors (Lipinski definition) is 2. The summed E-state index contributed by atoms with van der Waals surface area (Å²) in [5.74, 6) is 2.38. The molecule has 0 aromatic carbocycles. The van der Waals surface area contributed by atoms with E-state index in [4.69, 9.17) is 0 Å². The Morgan fingerprint density at radius 1 is 1.06 bits per heavy atom. The molecule has 0 aromatic heterocycles. The van der Waals surface area contributed by atoms with Gasteiger partial charge >= 0.3 is 0 Å². The third-order valence-electron chi connectivity index (χ3n) is 4.21. The molecule has 0 spiro atoms. The van der Waals surface area contributed by atoms with Gasteiger partial charge in [-0.15, -0.1) is 0 Å². The van der Waals surface area contributed by atoms with E-state index in [9.17, 15) is 0 Å². The van der Waals surface area contributed by atoms with Gasteiger partial charge in [-0.2, -0.15) is 11.8 Å². The monoisotopic (exact) mass is 241 g/mol. The first-order chi connectivity index (χ1) is 7.92. The van der Waals surface area contributed by atoms with Gasteiger partial charge in [-0.3, -0.25) is 0 Å². The van der Waals surface area contributed by atoms with Gasteiger partial charge in [0.15, 0.2) is 0 Å². The topological polar surface area (TPSA) is 12.0 Å². The smallest absolute Gasteiger partial charge is 0.0214 e. The molecule has 1 aliphatic heterocycles. The summed E-state index contributed by atoms with van der Waals surface area (Å²) in [6.45, 7) is 3.42. The highest BCUT2D eigenvalue weighted by molar-refractivity contribution is 8.00. The molecule has 1 aliphatic carbocycles. The van der Waals surface area contributed by atoms with Crippen molar-refractivity contribution in [3.05, 3.63) is 0 Å². The van der Waals surface area contributed by atoms with Crippen molar-refractivity contribution in [1.29, 1.82) is 0 Å². The van der Waals surface area contributed by atoms with Crippen molar-refractivity contribution < 1.29 is 0 Å². The summed E-state index contributed by atoms with van der Waals surface area (Å²) in [6, 6.07) is 0.815. The van der Waals surface area contributed by atoms with Crippen molar-refractivity contribution in [2.24, 2.45) is 5.92 Å². The highest BCUT2D eigenvalue weighted by Gasteiger charge is 2.30. The first kappa shape index (κ1) is 12.8. The van der Waals surface area contributed by atoms with Gasteiger partial charge < -0.3 is 5.32 Å². The average molecular weight is 241 g/mol. The van der Waals surface area contributed by atoms with Crippen LogP contribution in [0.1, 0.15) is 58.3 Å². The minimum Gasteiger partial charge on any atom is -0.313 e. The van der Waals surface area contributed by atoms with E-state index < -0.39 is 0 Å². The Kier molecular flexibility index (Phi) is 5.51. The minimum atomic E-state index is 0.815. The lowest BCUT2D eigenvalue weighted by Crippen LogP contribution is -2.45. The van der Waals surface area contributed by atoms with Crippen molar-refractivity contribution in [1.82, 2.24) is 5.32 Å². The van der Waals surface area contributed by atoms with Crippen molar-refractivity contribution in [2.45, 2.75) is 69.6 Å². The van der Waals surface area contributed by atoms with Gasteiger partial charge in [0.1, 0.15) is 0 Å². The van der Waals surface area contributed by atoms with Crippen LogP contribution < -0.4 is 5.32 Å². The highest BCUT2D eigenvalue weighted by Crippen LogP contribution is 2.35. The van der Waals surface area contributed by atoms with E-state index in [0.29, 0.717) is 0 Å². The van der Waals surface area contributed by atoms with E-state index in [1.165, 1.54) is 57.1 Å². The number of nitrogens with one attached hydrogen (secondary N) is 1. The van der Waals surface area contributed by atoms with Gasteiger partial charge in [0.2, 0.25) is 0 Å². The summed E-state index contributed by atoms with van der Waals surface area (Å²) in [5, 5.41) is 4.71. The van der Waals surface area contributed by atoms with E-state index in [1.807, 2.05) is 0 Å². The molecular formula is C14H27NS. The molecule has 0 aromatic rings. The quantitative estimate of drug-likeness (QED) is 0.803. The van der Waals surface area contributed by atoms with Gasteiger partial charge in [0, 0.05) is 11.3 Å². The summed E-state index contributed by atoms with van der Waals surface area (Å²) in [6.07, 6.45) is 11.8. The maximum absolute atomic E-state index is 3.80. The van der Waals surface area contributed by atoms with Crippen molar-refractivity contribution in [3.8, 4) is 0 Å². The molecule has 2 heteroatoms. The molecule has 2 atom stereocenters. The van der Waals surface area contributed by atoms with Crippen molar-refractivity contribution in [2.75, 3.05) is 12.3 Å². The van der Waals surface area contributed by atoms with Gasteiger partial charge in [-0.1, -0.05) is 32.6 Å². The Morgan fingerprint density at radius 2 is 1.81 bits per heavy atom. The second-order valence-electron chi connectivity index (χ2n) is 5.39. The molecule has 1 nitrogen and oxygen atoms in total. The van der Waals surface area contributed by atoms with Gasteiger partial charge in [-0.05, 0) is 43.9 Å². The van der Waals surface area contributed by atoms with Crippen LogP contribution in [0.2, 0.25) is 0 Å². The van der Waals surface area contributed by atoms with Crippen molar-refractivity contribution >= 4 is 11.8 Å². The molecule has 0 amide bonds. The standard InChI is InChI=1S/C14H27NS/c1-2-15-14(12-8-4-3-5-9-12)13-10-6-7-11-16-13/h12-15H,2-11H2,1H3. The van der Waals surface area contributed by atoms with Crippen LogP contribution in [0.4, 0.5) is 0 Å². The van der Waals surface area contributed by atoms with Crippen molar-refractivity contribution in [3.63, 3.8) is 0 Å². The second-order valence-corrected chi connectivity index (χ2v) is 6.73. The van der Waals surface area contributed by atoms with Crippen LogP contribution in [0.25, 0.3) is 0 Å². The second kappa shape index (κ2) is 6.90. The third kappa shape index (κ3) is 3.40. The molecular weight excluding hydrogens is 214 g/mol. The molecule has 2 aliphatic rings. The van der Waals surface area contributed by atoms with E-state index in [-0.39, 0.29) is 0 Å². The predicted octanol–water partition coefficient (Wildman–Crippen LogP) is 3.83. The van der Waals surface area contributed by atoms with Gasteiger partial charge in [0.25, 0.3) is 0 Å². The lowest BCUT2D eigenvalue weighted by molar-refractivity contribution is 0.260. The fourth-order valence-corrected chi connectivity index (χ4v) is 4.91. The third-order valence-corrected chi connectivity index (χ3v) is 5.69. The Bertz CT molecular complexity index is 165. The van der Waals surface area contributed by atoms with Crippen LogP contribution in [-0.2, 0) is 0 Å². The Balaban J connectivity index is 1.91. The number of thioether (sulfide) groups is 1. The average Bonchev–Trinajstić information content (AvgIpc) is 2.38. The summed E-state index contributed by atoms with van der Waals surface area (Å²) >= 11 is 2.24. The largest absolute Gasteiger partial charge is 0.313 e. The zero-order chi connectivity index (χ0) is 11.2. The van der Waals surface area contributed by atoms with E-state index in [0.717, 1.165) is 23.8 Å². The first-order valence-corrected chi connectivity index (χ1v) is 8.31. The van der Waals surface area contributed by atoms with Gasteiger partial charge in [-0.25, -0.2) is 0 Å². The normalized spacial score (nSPS) is 30.2. The van der Waals surface area contributed by atoms with Crippen LogP contribution in [-0.4, -0.2) is 23.6 Å². The maximum Gasteiger partial charge on any atom is 0.0214 e. The van der Waals surface area contributed by atoms with Gasteiger partial charge in [0.05, 0.1) is 0 Å². The lowest BCUT2D eigenvalue weighted by atomic mass is 9.81. The molecule has 94 valence electrons. The Labute approximate surface area is 105 Å². The van der Waals surface area contributed by atoms with Crippen LogP contribution in [0.5, 0.6) is 0 Å². The van der Waals surface area contributed by atoms with E-state index in [2.05, 4.69) is 24.0 Å². The molecule has 1 saturated carbocycles. The molecule has 16 heavy (non-hydrogen) atoms. The van der Waals surface area contributed by atoms with Crippen LogP contribution in [0.3, 0.4) is 0 Å². The molecule has 0 radical (unpaired) electrons. The van der Waals surface area contributed by atoms with Crippen LogP contribution >= 0.6 is 11.8 Å². The first-order valence-electron chi connectivity index (χ1n) is 7.27. The Morgan fingerprint density at radius 3 is 2.44 bits per heavy atom. The zero-order valence-electron chi connectivity index (χ0n) is 10.7. The predicted molar refractivity (Wildman–Crippen MR) is 74.1 cm³/mol. The lowest BCUT2D eigenvalue weighted by Gasteiger charge is -2.37. The molecule has 1 heterocycles. The summed E-state index contributed by atoms with van der Waals surface area (Å²) in [5.41, 5.74) is 0. The van der Waals surface area contributed by atoms with E-state index in [1.54, 1.807) is 0 Å². The molecule has 2 unspecified atom stereocenters. The maximum atomic E-state index is 3.80. The van der Waals surface area contributed by atoms with Crippen LogP contribution in [0, 0.1) is 5.92 Å². The van der Waals surface area contributed by atoms with Crippen LogP contribution in [0.15, 0.2) is 0 Å². The zero-order valence-corrected chi connectivity index (χ0v) is 11.5. The van der Waals surface area contributed by atoms with E-state index >= 15 is 0 Å².